The molecule has 80 valence electrons. The molecule has 0 bridgehead atoms. The first-order valence-electron chi connectivity index (χ1n) is 5.12. The monoisotopic (exact) mass is 231 g/mol. The minimum absolute atomic E-state index is 0.0301. The number of nitriles is 1. The summed E-state index contributed by atoms with van der Waals surface area (Å²) < 4.78 is 0. The quantitative estimate of drug-likeness (QED) is 0.592. The number of halogens is 1. The first-order chi connectivity index (χ1) is 7.70. The second kappa shape index (κ2) is 4.51. The van der Waals surface area contributed by atoms with Gasteiger partial charge in [0.15, 0.2) is 5.78 Å². The van der Waals surface area contributed by atoms with Gasteiger partial charge >= 0.3 is 0 Å². The summed E-state index contributed by atoms with van der Waals surface area (Å²) >= 11 is 5.75. The van der Waals surface area contributed by atoms with Crippen molar-refractivity contribution in [2.45, 2.75) is 12.8 Å². The van der Waals surface area contributed by atoms with Gasteiger partial charge in [-0.05, 0) is 36.6 Å². The number of allylic oxidation sites excluding steroid dienone is 1. The van der Waals surface area contributed by atoms with Gasteiger partial charge in [0.2, 0.25) is 0 Å². The van der Waals surface area contributed by atoms with Crippen molar-refractivity contribution in [1.82, 2.24) is 0 Å². The number of carbonyl (C=O) groups is 1. The van der Waals surface area contributed by atoms with E-state index in [0.29, 0.717) is 5.02 Å². The van der Waals surface area contributed by atoms with Crippen molar-refractivity contribution in [3.8, 4) is 6.07 Å². The lowest BCUT2D eigenvalue weighted by Crippen LogP contribution is -2.02. The number of rotatable bonds is 3. The van der Waals surface area contributed by atoms with E-state index < -0.39 is 0 Å². The molecule has 2 rings (SSSR count). The van der Waals surface area contributed by atoms with Gasteiger partial charge in [-0.1, -0.05) is 23.7 Å². The van der Waals surface area contributed by atoms with E-state index in [9.17, 15) is 4.79 Å². The lowest BCUT2D eigenvalue weighted by atomic mass is 10.1. The van der Waals surface area contributed by atoms with Crippen molar-refractivity contribution >= 4 is 23.5 Å². The molecule has 0 spiro atoms. The van der Waals surface area contributed by atoms with Gasteiger partial charge in [-0.25, -0.2) is 0 Å². The Labute approximate surface area is 99.1 Å². The standard InChI is InChI=1S/C13H10ClNO/c14-12-5-1-9(2-6-12)7-11(8-15)13(16)10-3-4-10/h1-2,5-7,10H,3-4H2. The van der Waals surface area contributed by atoms with Crippen LogP contribution in [0.1, 0.15) is 18.4 Å². The second-order valence-electron chi connectivity index (χ2n) is 3.86. The summed E-state index contributed by atoms with van der Waals surface area (Å²) in [6, 6.07) is 9.03. The van der Waals surface area contributed by atoms with Crippen LogP contribution in [-0.4, -0.2) is 5.78 Å². The number of carbonyl (C=O) groups excluding carboxylic acids is 1. The minimum atomic E-state index is -0.0301. The molecule has 1 saturated carbocycles. The maximum atomic E-state index is 11.7. The van der Waals surface area contributed by atoms with Crippen molar-refractivity contribution < 1.29 is 4.79 Å². The molecule has 1 aliphatic rings. The van der Waals surface area contributed by atoms with Crippen LogP contribution in [0.2, 0.25) is 5.02 Å². The highest BCUT2D eigenvalue weighted by atomic mass is 35.5. The van der Waals surface area contributed by atoms with Gasteiger partial charge in [0.05, 0.1) is 5.57 Å². The van der Waals surface area contributed by atoms with E-state index in [4.69, 9.17) is 16.9 Å². The predicted octanol–water partition coefficient (Wildman–Crippen LogP) is 3.23. The van der Waals surface area contributed by atoms with Crippen LogP contribution in [0.3, 0.4) is 0 Å². The van der Waals surface area contributed by atoms with E-state index in [2.05, 4.69) is 0 Å². The Bertz CT molecular complexity index is 478. The van der Waals surface area contributed by atoms with Gasteiger partial charge < -0.3 is 0 Å². The average molecular weight is 232 g/mol. The molecule has 1 aromatic carbocycles. The summed E-state index contributed by atoms with van der Waals surface area (Å²) in [6.45, 7) is 0. The van der Waals surface area contributed by atoms with Crippen molar-refractivity contribution in [1.29, 1.82) is 5.26 Å². The average Bonchev–Trinajstić information content (AvgIpc) is 3.11. The molecular weight excluding hydrogens is 222 g/mol. The van der Waals surface area contributed by atoms with E-state index in [-0.39, 0.29) is 17.3 Å². The Morgan fingerprint density at radius 3 is 2.50 bits per heavy atom. The normalized spacial score (nSPS) is 15.6. The highest BCUT2D eigenvalue weighted by Gasteiger charge is 2.31. The van der Waals surface area contributed by atoms with Gasteiger partial charge in [-0.3, -0.25) is 4.79 Å². The topological polar surface area (TPSA) is 40.9 Å². The fraction of sp³-hybridized carbons (Fsp3) is 0.231. The van der Waals surface area contributed by atoms with Crippen molar-refractivity contribution in [3.05, 3.63) is 40.4 Å². The fourth-order valence-corrected chi connectivity index (χ4v) is 1.58. The van der Waals surface area contributed by atoms with E-state index in [0.717, 1.165) is 18.4 Å². The van der Waals surface area contributed by atoms with Gasteiger partial charge in [0.1, 0.15) is 6.07 Å². The summed E-state index contributed by atoms with van der Waals surface area (Å²) in [5, 5.41) is 9.57. The van der Waals surface area contributed by atoms with Crippen LogP contribution in [0.4, 0.5) is 0 Å². The van der Waals surface area contributed by atoms with Gasteiger partial charge in [0.25, 0.3) is 0 Å². The molecule has 1 aliphatic carbocycles. The summed E-state index contributed by atoms with van der Waals surface area (Å²) in [7, 11) is 0. The second-order valence-corrected chi connectivity index (χ2v) is 4.30. The molecule has 0 heterocycles. The highest BCUT2D eigenvalue weighted by Crippen LogP contribution is 2.32. The van der Waals surface area contributed by atoms with Crippen LogP contribution in [0.25, 0.3) is 6.08 Å². The highest BCUT2D eigenvalue weighted by molar-refractivity contribution is 6.30. The number of benzene rings is 1. The SMILES string of the molecule is N#CC(=Cc1ccc(Cl)cc1)C(=O)C1CC1. The third-order valence-corrected chi connectivity index (χ3v) is 2.77. The van der Waals surface area contributed by atoms with Crippen LogP contribution in [0, 0.1) is 17.2 Å². The summed E-state index contributed by atoms with van der Waals surface area (Å²) in [5.74, 6) is 0.0515. The molecule has 0 aromatic heterocycles. The Kier molecular flexibility index (Phi) is 3.07. The molecule has 0 amide bonds. The third-order valence-electron chi connectivity index (χ3n) is 2.52. The van der Waals surface area contributed by atoms with Crippen LogP contribution in [0.15, 0.2) is 29.8 Å². The van der Waals surface area contributed by atoms with Crippen LogP contribution >= 0.6 is 11.6 Å². The molecule has 0 unspecified atom stereocenters. The van der Waals surface area contributed by atoms with Crippen LogP contribution in [-0.2, 0) is 4.79 Å². The lowest BCUT2D eigenvalue weighted by Gasteiger charge is -1.97. The summed E-state index contributed by atoms with van der Waals surface area (Å²) in [5.41, 5.74) is 1.07. The molecule has 3 heteroatoms. The van der Waals surface area contributed by atoms with E-state index in [1.54, 1.807) is 30.3 Å². The smallest absolute Gasteiger partial charge is 0.176 e. The van der Waals surface area contributed by atoms with Gasteiger partial charge in [-0.15, -0.1) is 0 Å². The molecule has 16 heavy (non-hydrogen) atoms. The Balaban J connectivity index is 2.23. The van der Waals surface area contributed by atoms with E-state index in [1.807, 2.05) is 6.07 Å². The third kappa shape index (κ3) is 2.50. The molecule has 1 aromatic rings. The molecular formula is C13H10ClNO. The maximum Gasteiger partial charge on any atom is 0.176 e. The van der Waals surface area contributed by atoms with E-state index in [1.165, 1.54) is 0 Å². The molecule has 2 nitrogen and oxygen atoms in total. The molecule has 1 fully saturated rings. The molecule has 0 saturated heterocycles. The molecule has 0 atom stereocenters. The van der Waals surface area contributed by atoms with Gasteiger partial charge in [-0.2, -0.15) is 5.26 Å². The largest absolute Gasteiger partial charge is 0.293 e. The molecule has 0 radical (unpaired) electrons. The number of ketones is 1. The first kappa shape index (κ1) is 10.9. The van der Waals surface area contributed by atoms with Crippen LogP contribution in [0.5, 0.6) is 0 Å². The fourth-order valence-electron chi connectivity index (χ4n) is 1.45. The Morgan fingerprint density at radius 1 is 1.38 bits per heavy atom. The van der Waals surface area contributed by atoms with Gasteiger partial charge in [0, 0.05) is 10.9 Å². The number of hydrogen-bond donors (Lipinski definition) is 0. The zero-order valence-electron chi connectivity index (χ0n) is 8.61. The first-order valence-corrected chi connectivity index (χ1v) is 5.50. The van der Waals surface area contributed by atoms with Crippen molar-refractivity contribution in [2.24, 2.45) is 5.92 Å². The zero-order chi connectivity index (χ0) is 11.5. The minimum Gasteiger partial charge on any atom is -0.293 e. The van der Waals surface area contributed by atoms with E-state index >= 15 is 0 Å². The number of Topliss-reactive ketones (excluding diaryl/α,β-unsaturated/α-hetero) is 1. The maximum absolute atomic E-state index is 11.7. The van der Waals surface area contributed by atoms with Crippen LogP contribution < -0.4 is 0 Å². The van der Waals surface area contributed by atoms with Crippen molar-refractivity contribution in [2.75, 3.05) is 0 Å². The number of hydrogen-bond acceptors (Lipinski definition) is 2. The Morgan fingerprint density at radius 2 is 2.00 bits per heavy atom. The zero-order valence-corrected chi connectivity index (χ0v) is 9.37. The lowest BCUT2D eigenvalue weighted by molar-refractivity contribution is -0.116. The molecule has 0 N–H and O–H groups in total. The summed E-state index contributed by atoms with van der Waals surface area (Å²) in [4.78, 5) is 11.7. The summed E-state index contributed by atoms with van der Waals surface area (Å²) in [6.07, 6.45) is 3.45. The number of nitrogens with zero attached hydrogens (tertiary/aromatic N) is 1. The molecule has 0 aliphatic heterocycles. The predicted molar refractivity (Wildman–Crippen MR) is 62.8 cm³/mol. The Hall–Kier alpha value is -1.59. The van der Waals surface area contributed by atoms with Crippen molar-refractivity contribution in [3.63, 3.8) is 0 Å².